The molecule has 2 aromatic rings. The lowest BCUT2D eigenvalue weighted by Gasteiger charge is -2.28. The first-order chi connectivity index (χ1) is 11.3. The number of nitrogens with zero attached hydrogens (tertiary/aromatic N) is 2. The van der Waals surface area contributed by atoms with E-state index in [0.717, 1.165) is 11.1 Å². The number of amides is 2. The average molecular weight is 330 g/mol. The van der Waals surface area contributed by atoms with E-state index < -0.39 is 23.5 Å². The van der Waals surface area contributed by atoms with Crippen molar-refractivity contribution in [3.8, 4) is 11.1 Å². The second-order valence-corrected chi connectivity index (χ2v) is 5.74. The smallest absolute Gasteiger partial charge is 0.268 e. The number of aromatic nitrogens is 2. The molecule has 0 radical (unpaired) electrons. The molecule has 1 atom stereocenters. The van der Waals surface area contributed by atoms with Crippen LogP contribution in [0.5, 0.6) is 0 Å². The Morgan fingerprint density at radius 3 is 2.17 bits per heavy atom. The van der Waals surface area contributed by atoms with Crippen LogP contribution >= 0.6 is 0 Å². The molecule has 1 aromatic heterocycles. The highest BCUT2D eigenvalue weighted by Crippen LogP contribution is 2.18. The number of aliphatic hydroxyl groups is 1. The summed E-state index contributed by atoms with van der Waals surface area (Å²) in [5, 5.41) is 21.1. The van der Waals surface area contributed by atoms with Crippen molar-refractivity contribution in [3.63, 3.8) is 0 Å². The topological polar surface area (TPSA) is 124 Å². The van der Waals surface area contributed by atoms with E-state index in [-0.39, 0.29) is 0 Å². The molecule has 0 saturated carbocycles. The van der Waals surface area contributed by atoms with E-state index in [1.165, 1.54) is 25.7 Å². The molecule has 4 N–H and O–H groups in total. The fraction of sp³-hybridized carbons (Fsp3) is 0.250. The summed E-state index contributed by atoms with van der Waals surface area (Å²) in [4.78, 5) is 31.7. The molecule has 0 fully saturated rings. The first-order valence-electron chi connectivity index (χ1n) is 7.15. The number of rotatable bonds is 5. The Kier molecular flexibility index (Phi) is 5.22. The lowest BCUT2D eigenvalue weighted by Crippen LogP contribution is -2.57. The summed E-state index contributed by atoms with van der Waals surface area (Å²) in [7, 11) is 0. The molecular weight excluding hydrogens is 312 g/mol. The summed E-state index contributed by atoms with van der Waals surface area (Å²) in [6.45, 7) is 2.71. The van der Waals surface area contributed by atoms with Crippen molar-refractivity contribution >= 4 is 11.8 Å². The number of carbonyl (C=O) groups excluding carboxylic acids is 2. The number of carbonyl (C=O) groups is 2. The summed E-state index contributed by atoms with van der Waals surface area (Å²) in [5.41, 5.74) is 1.82. The van der Waals surface area contributed by atoms with Crippen LogP contribution in [0.1, 0.15) is 24.2 Å². The van der Waals surface area contributed by atoms with Crippen LogP contribution in [0, 0.1) is 0 Å². The van der Waals surface area contributed by atoms with Gasteiger partial charge in [-0.2, -0.15) is 0 Å². The van der Waals surface area contributed by atoms with E-state index in [9.17, 15) is 14.7 Å². The molecule has 8 heteroatoms. The average Bonchev–Trinajstić information content (AvgIpc) is 2.58. The summed E-state index contributed by atoms with van der Waals surface area (Å²) in [6.07, 6.45) is 4.73. The van der Waals surface area contributed by atoms with Gasteiger partial charge in [0.25, 0.3) is 11.8 Å². The third kappa shape index (κ3) is 4.12. The normalized spacial score (nSPS) is 12.3. The van der Waals surface area contributed by atoms with Crippen LogP contribution in [0.15, 0.2) is 43.0 Å². The minimum atomic E-state index is -1.55. The molecule has 0 bridgehead atoms. The first-order valence-corrected chi connectivity index (χ1v) is 7.15. The maximum absolute atomic E-state index is 12.3. The molecule has 24 heavy (non-hydrogen) atoms. The van der Waals surface area contributed by atoms with Crippen molar-refractivity contribution in [2.24, 2.45) is 0 Å². The van der Waals surface area contributed by atoms with Crippen molar-refractivity contribution in [3.05, 3.63) is 48.5 Å². The number of hydrogen-bond donors (Lipinski definition) is 4. The molecule has 2 amide bonds. The maximum Gasteiger partial charge on any atom is 0.268 e. The highest BCUT2D eigenvalue weighted by atomic mass is 16.5. The van der Waals surface area contributed by atoms with Gasteiger partial charge in [0, 0.05) is 23.5 Å². The monoisotopic (exact) mass is 330 g/mol. The van der Waals surface area contributed by atoms with Gasteiger partial charge >= 0.3 is 0 Å². The van der Waals surface area contributed by atoms with Crippen LogP contribution in [0.4, 0.5) is 0 Å². The minimum absolute atomic E-state index is 0.301. The Morgan fingerprint density at radius 1 is 1.08 bits per heavy atom. The lowest BCUT2D eigenvalue weighted by atomic mass is 9.97. The highest BCUT2D eigenvalue weighted by molar-refractivity contribution is 5.98. The van der Waals surface area contributed by atoms with Gasteiger partial charge in [0.05, 0.1) is 5.60 Å². The van der Waals surface area contributed by atoms with Gasteiger partial charge in [-0.3, -0.25) is 14.8 Å². The predicted octanol–water partition coefficient (Wildman–Crippen LogP) is 0.518. The zero-order chi connectivity index (χ0) is 17.7. The summed E-state index contributed by atoms with van der Waals surface area (Å²) >= 11 is 0. The van der Waals surface area contributed by atoms with Crippen molar-refractivity contribution in [1.29, 1.82) is 0 Å². The van der Waals surface area contributed by atoms with Gasteiger partial charge in [0.2, 0.25) is 0 Å². The van der Waals surface area contributed by atoms with E-state index in [4.69, 9.17) is 5.21 Å². The van der Waals surface area contributed by atoms with Gasteiger partial charge in [-0.1, -0.05) is 12.1 Å². The van der Waals surface area contributed by atoms with Crippen molar-refractivity contribution < 1.29 is 19.9 Å². The van der Waals surface area contributed by atoms with Crippen LogP contribution in [-0.4, -0.2) is 43.7 Å². The van der Waals surface area contributed by atoms with E-state index >= 15 is 0 Å². The van der Waals surface area contributed by atoms with E-state index in [2.05, 4.69) is 15.3 Å². The van der Waals surface area contributed by atoms with Gasteiger partial charge in [-0.25, -0.2) is 15.4 Å². The number of hydrogen-bond acceptors (Lipinski definition) is 6. The molecular formula is C16H18N4O4. The van der Waals surface area contributed by atoms with E-state index in [1.807, 2.05) is 0 Å². The Morgan fingerprint density at radius 2 is 1.67 bits per heavy atom. The van der Waals surface area contributed by atoms with Crippen LogP contribution in [-0.2, 0) is 4.79 Å². The predicted molar refractivity (Wildman–Crippen MR) is 84.9 cm³/mol. The highest BCUT2D eigenvalue weighted by Gasteiger charge is 2.34. The fourth-order valence-corrected chi connectivity index (χ4v) is 2.10. The molecule has 0 spiro atoms. The second-order valence-electron chi connectivity index (χ2n) is 5.74. The quantitative estimate of drug-likeness (QED) is 0.468. The Labute approximate surface area is 138 Å². The first kappa shape index (κ1) is 17.5. The summed E-state index contributed by atoms with van der Waals surface area (Å²) in [6, 6.07) is 5.29. The molecule has 1 aromatic carbocycles. The third-order valence-corrected chi connectivity index (χ3v) is 3.40. The fourth-order valence-electron chi connectivity index (χ4n) is 2.10. The molecule has 0 aliphatic heterocycles. The van der Waals surface area contributed by atoms with Crippen molar-refractivity contribution in [1.82, 2.24) is 20.8 Å². The molecule has 0 aliphatic carbocycles. The maximum atomic E-state index is 12.3. The SMILES string of the molecule is CC(C)(O)[C@H](NC(=O)c1ccc(-c2cncnc2)cc1)C(=O)NO. The second kappa shape index (κ2) is 7.16. The van der Waals surface area contributed by atoms with Crippen LogP contribution in [0.3, 0.4) is 0 Å². The largest absolute Gasteiger partial charge is 0.388 e. The summed E-state index contributed by atoms with van der Waals surface area (Å²) in [5.74, 6) is -1.46. The van der Waals surface area contributed by atoms with Gasteiger partial charge in [0.1, 0.15) is 12.4 Å². The van der Waals surface area contributed by atoms with Gasteiger partial charge in [0.15, 0.2) is 0 Å². The summed E-state index contributed by atoms with van der Waals surface area (Å²) < 4.78 is 0. The molecule has 0 unspecified atom stereocenters. The van der Waals surface area contributed by atoms with Crippen molar-refractivity contribution in [2.45, 2.75) is 25.5 Å². The standard InChI is InChI=1S/C16H18N4O4/c1-16(2,23)13(15(22)20-24)19-14(21)11-5-3-10(4-6-11)12-7-17-9-18-8-12/h3-9,13,23-24H,1-2H3,(H,19,21)(H,20,22)/t13-/m1/s1. The van der Waals surface area contributed by atoms with Crippen LogP contribution < -0.4 is 10.8 Å². The molecule has 2 rings (SSSR count). The number of hydroxylamine groups is 1. The van der Waals surface area contributed by atoms with Gasteiger partial charge in [-0.15, -0.1) is 0 Å². The van der Waals surface area contributed by atoms with E-state index in [0.29, 0.717) is 5.56 Å². The zero-order valence-corrected chi connectivity index (χ0v) is 13.2. The Balaban J connectivity index is 2.16. The number of benzene rings is 1. The molecule has 126 valence electrons. The molecule has 0 aliphatic rings. The Hall–Kier alpha value is -2.84. The molecule has 1 heterocycles. The van der Waals surface area contributed by atoms with Gasteiger partial charge < -0.3 is 10.4 Å². The third-order valence-electron chi connectivity index (χ3n) is 3.40. The molecule has 0 saturated heterocycles. The number of nitrogens with one attached hydrogen (secondary N) is 2. The van der Waals surface area contributed by atoms with E-state index in [1.54, 1.807) is 36.7 Å². The molecule has 8 nitrogen and oxygen atoms in total. The van der Waals surface area contributed by atoms with Gasteiger partial charge in [-0.05, 0) is 31.5 Å². The lowest BCUT2D eigenvalue weighted by molar-refractivity contribution is -0.136. The van der Waals surface area contributed by atoms with Crippen molar-refractivity contribution in [2.75, 3.05) is 0 Å². The van der Waals surface area contributed by atoms with Crippen LogP contribution in [0.2, 0.25) is 0 Å². The van der Waals surface area contributed by atoms with Crippen LogP contribution in [0.25, 0.3) is 11.1 Å². The minimum Gasteiger partial charge on any atom is -0.388 e. The zero-order valence-electron chi connectivity index (χ0n) is 13.2. The Bertz CT molecular complexity index is 711.